The van der Waals surface area contributed by atoms with E-state index in [0.29, 0.717) is 11.6 Å². The topological polar surface area (TPSA) is 52.0 Å². The van der Waals surface area contributed by atoms with Gasteiger partial charge in [-0.3, -0.25) is 0 Å². The molecule has 0 saturated carbocycles. The molecule has 0 radical (unpaired) electrons. The molecular weight excluding hydrogens is 224 g/mol. The fraction of sp³-hybridized carbons (Fsp3) is 0. The van der Waals surface area contributed by atoms with Crippen LogP contribution in [0.25, 0.3) is 22.5 Å². The second-order valence-electron chi connectivity index (χ2n) is 4.06. The van der Waals surface area contributed by atoms with Crippen LogP contribution in [0, 0.1) is 0 Å². The molecule has 0 spiro atoms. The van der Waals surface area contributed by atoms with Gasteiger partial charge in [-0.15, -0.1) is 0 Å². The van der Waals surface area contributed by atoms with E-state index in [0.717, 1.165) is 5.56 Å². The molecule has 1 aromatic heterocycles. The Hall–Kier alpha value is -2.55. The van der Waals surface area contributed by atoms with Crippen LogP contribution in [0.5, 0.6) is 0 Å². The van der Waals surface area contributed by atoms with Crippen molar-refractivity contribution < 1.29 is 4.52 Å². The highest BCUT2D eigenvalue weighted by Crippen LogP contribution is 2.25. The Kier molecular flexibility index (Phi) is 2.57. The summed E-state index contributed by atoms with van der Waals surface area (Å²) in [7, 11) is 0. The Bertz CT molecular complexity index is 642. The van der Waals surface area contributed by atoms with E-state index in [2.05, 4.69) is 29.4 Å². The lowest BCUT2D eigenvalue weighted by molar-refractivity contribution is 0.436. The van der Waals surface area contributed by atoms with E-state index in [-0.39, 0.29) is 0 Å². The molecule has 0 fully saturated rings. The molecule has 0 saturated heterocycles. The van der Waals surface area contributed by atoms with Gasteiger partial charge in [-0.2, -0.15) is 0 Å². The molecule has 3 rings (SSSR count). The van der Waals surface area contributed by atoms with Crippen LogP contribution in [-0.2, 0) is 0 Å². The lowest BCUT2D eigenvalue weighted by Crippen LogP contribution is -1.80. The van der Waals surface area contributed by atoms with Gasteiger partial charge in [0.25, 0.3) is 0 Å². The van der Waals surface area contributed by atoms with E-state index in [4.69, 9.17) is 10.3 Å². The van der Waals surface area contributed by atoms with Crippen LogP contribution in [0.4, 0.5) is 5.82 Å². The van der Waals surface area contributed by atoms with Crippen molar-refractivity contribution in [3.05, 3.63) is 60.7 Å². The van der Waals surface area contributed by atoms with E-state index in [1.54, 1.807) is 6.07 Å². The maximum Gasteiger partial charge on any atom is 0.169 e. The van der Waals surface area contributed by atoms with Crippen molar-refractivity contribution in [1.29, 1.82) is 0 Å². The third kappa shape index (κ3) is 1.98. The van der Waals surface area contributed by atoms with Crippen LogP contribution in [0.15, 0.2) is 65.2 Å². The van der Waals surface area contributed by atoms with Gasteiger partial charge in [0.05, 0.1) is 0 Å². The molecule has 18 heavy (non-hydrogen) atoms. The van der Waals surface area contributed by atoms with Crippen LogP contribution < -0.4 is 5.73 Å². The Morgan fingerprint density at radius 2 is 1.39 bits per heavy atom. The van der Waals surface area contributed by atoms with Crippen molar-refractivity contribution in [1.82, 2.24) is 5.16 Å². The first-order chi connectivity index (χ1) is 8.83. The van der Waals surface area contributed by atoms with Gasteiger partial charge >= 0.3 is 0 Å². The SMILES string of the molecule is Nc1cc(-c2ccc(-c3ccccc3)cc2)on1. The highest BCUT2D eigenvalue weighted by molar-refractivity contribution is 5.68. The van der Waals surface area contributed by atoms with Gasteiger partial charge in [0.15, 0.2) is 11.6 Å². The molecule has 1 heterocycles. The van der Waals surface area contributed by atoms with Gasteiger partial charge in [0, 0.05) is 11.6 Å². The molecule has 2 aromatic carbocycles. The number of nitrogens with zero attached hydrogens (tertiary/aromatic N) is 1. The maximum atomic E-state index is 5.53. The van der Waals surface area contributed by atoms with Crippen LogP contribution in [0.3, 0.4) is 0 Å². The Labute approximate surface area is 105 Å². The van der Waals surface area contributed by atoms with E-state index in [1.807, 2.05) is 30.3 Å². The minimum absolute atomic E-state index is 0.400. The molecule has 3 nitrogen and oxygen atoms in total. The number of aromatic nitrogens is 1. The number of hydrogen-bond donors (Lipinski definition) is 1. The summed E-state index contributed by atoms with van der Waals surface area (Å²) in [6.07, 6.45) is 0. The summed E-state index contributed by atoms with van der Waals surface area (Å²) in [4.78, 5) is 0. The molecule has 3 heteroatoms. The average molecular weight is 236 g/mol. The van der Waals surface area contributed by atoms with Gasteiger partial charge in [-0.05, 0) is 11.1 Å². The smallest absolute Gasteiger partial charge is 0.169 e. The second kappa shape index (κ2) is 4.37. The Morgan fingerprint density at radius 1 is 0.778 bits per heavy atom. The molecule has 0 atom stereocenters. The highest BCUT2D eigenvalue weighted by Gasteiger charge is 2.04. The summed E-state index contributed by atoms with van der Waals surface area (Å²) in [6, 6.07) is 20.1. The van der Waals surface area contributed by atoms with Crippen molar-refractivity contribution in [3.63, 3.8) is 0 Å². The number of nitrogens with two attached hydrogens (primary N) is 1. The first-order valence-electron chi connectivity index (χ1n) is 5.71. The van der Waals surface area contributed by atoms with Crippen molar-refractivity contribution in [2.75, 3.05) is 5.73 Å². The number of hydrogen-bond acceptors (Lipinski definition) is 3. The van der Waals surface area contributed by atoms with Crippen molar-refractivity contribution >= 4 is 5.82 Å². The summed E-state index contributed by atoms with van der Waals surface area (Å²) in [5.41, 5.74) is 8.87. The van der Waals surface area contributed by atoms with Gasteiger partial charge in [0.2, 0.25) is 0 Å². The average Bonchev–Trinajstić information content (AvgIpc) is 2.87. The minimum Gasteiger partial charge on any atom is -0.381 e. The molecule has 0 aliphatic carbocycles. The lowest BCUT2D eigenvalue weighted by Gasteiger charge is -2.02. The molecular formula is C15H12N2O. The zero-order valence-electron chi connectivity index (χ0n) is 9.71. The summed E-state index contributed by atoms with van der Waals surface area (Å²) in [6.45, 7) is 0. The van der Waals surface area contributed by atoms with Crippen molar-refractivity contribution in [2.24, 2.45) is 0 Å². The molecule has 88 valence electrons. The molecule has 0 bridgehead atoms. The fourth-order valence-electron chi connectivity index (χ4n) is 1.88. The third-order valence-electron chi connectivity index (χ3n) is 2.80. The van der Waals surface area contributed by atoms with E-state index in [1.165, 1.54) is 11.1 Å². The fourth-order valence-corrected chi connectivity index (χ4v) is 1.88. The van der Waals surface area contributed by atoms with Crippen LogP contribution in [0.1, 0.15) is 0 Å². The zero-order chi connectivity index (χ0) is 12.4. The quantitative estimate of drug-likeness (QED) is 0.739. The minimum atomic E-state index is 0.400. The number of anilines is 1. The molecule has 0 unspecified atom stereocenters. The van der Waals surface area contributed by atoms with Crippen molar-refractivity contribution in [3.8, 4) is 22.5 Å². The summed E-state index contributed by atoms with van der Waals surface area (Å²) < 4.78 is 5.12. The van der Waals surface area contributed by atoms with Gasteiger partial charge in [0.1, 0.15) is 0 Å². The normalized spacial score (nSPS) is 10.4. The van der Waals surface area contributed by atoms with E-state index >= 15 is 0 Å². The van der Waals surface area contributed by atoms with Crippen LogP contribution >= 0.6 is 0 Å². The monoisotopic (exact) mass is 236 g/mol. The first kappa shape index (κ1) is 10.6. The van der Waals surface area contributed by atoms with Crippen molar-refractivity contribution in [2.45, 2.75) is 0 Å². The molecule has 0 aliphatic rings. The van der Waals surface area contributed by atoms with Gasteiger partial charge in [-0.1, -0.05) is 59.8 Å². The predicted molar refractivity (Wildman–Crippen MR) is 71.8 cm³/mol. The summed E-state index contributed by atoms with van der Waals surface area (Å²) in [5, 5.41) is 3.68. The van der Waals surface area contributed by atoms with Gasteiger partial charge < -0.3 is 10.3 Å². The lowest BCUT2D eigenvalue weighted by atomic mass is 10.0. The largest absolute Gasteiger partial charge is 0.381 e. The summed E-state index contributed by atoms with van der Waals surface area (Å²) >= 11 is 0. The molecule has 0 amide bonds. The molecule has 3 aromatic rings. The number of rotatable bonds is 2. The molecule has 2 N–H and O–H groups in total. The van der Waals surface area contributed by atoms with Crippen LogP contribution in [-0.4, -0.2) is 5.16 Å². The third-order valence-corrected chi connectivity index (χ3v) is 2.80. The number of benzene rings is 2. The second-order valence-corrected chi connectivity index (χ2v) is 4.06. The molecule has 0 aliphatic heterocycles. The highest BCUT2D eigenvalue weighted by atomic mass is 16.5. The number of nitrogen functional groups attached to an aromatic ring is 1. The Morgan fingerprint density at radius 3 is 2.00 bits per heavy atom. The maximum absolute atomic E-state index is 5.53. The van der Waals surface area contributed by atoms with E-state index < -0.39 is 0 Å². The summed E-state index contributed by atoms with van der Waals surface area (Å²) in [5.74, 6) is 1.09. The van der Waals surface area contributed by atoms with Crippen LogP contribution in [0.2, 0.25) is 0 Å². The first-order valence-corrected chi connectivity index (χ1v) is 5.71. The predicted octanol–water partition coefficient (Wildman–Crippen LogP) is 3.59. The zero-order valence-corrected chi connectivity index (χ0v) is 9.71. The van der Waals surface area contributed by atoms with E-state index in [9.17, 15) is 0 Å². The Balaban J connectivity index is 1.94. The van der Waals surface area contributed by atoms with Gasteiger partial charge in [-0.25, -0.2) is 0 Å². The standard InChI is InChI=1S/C15H12N2O/c16-15-10-14(18-17-15)13-8-6-12(7-9-13)11-4-2-1-3-5-11/h1-10H,(H2,16,17).